The molecule has 0 aliphatic heterocycles. The summed E-state index contributed by atoms with van der Waals surface area (Å²) in [5.74, 6) is 1.90. The molecule has 0 heterocycles. The van der Waals surface area contributed by atoms with Gasteiger partial charge in [-0.1, -0.05) is 13.0 Å². The van der Waals surface area contributed by atoms with E-state index in [1.54, 1.807) is 11.8 Å². The summed E-state index contributed by atoms with van der Waals surface area (Å²) in [6, 6.07) is 5.94. The maximum atomic E-state index is 5.96. The van der Waals surface area contributed by atoms with Crippen molar-refractivity contribution in [2.24, 2.45) is 0 Å². The van der Waals surface area contributed by atoms with E-state index in [0.29, 0.717) is 6.61 Å². The quantitative estimate of drug-likeness (QED) is 0.600. The van der Waals surface area contributed by atoms with E-state index in [9.17, 15) is 0 Å². The van der Waals surface area contributed by atoms with Crippen molar-refractivity contribution in [3.63, 3.8) is 0 Å². The number of thioether (sulfide) groups is 1. The third-order valence-corrected chi connectivity index (χ3v) is 3.07. The number of nitrogen functional groups attached to an aromatic ring is 1. The molecule has 0 amide bonds. The molecular weight excluding hydrogens is 194 g/mol. The van der Waals surface area contributed by atoms with Crippen molar-refractivity contribution >= 4 is 17.4 Å². The van der Waals surface area contributed by atoms with Crippen LogP contribution in [0.5, 0.6) is 5.75 Å². The standard InChI is InChI=1S/C11H17NOS/c1-3-8-14-10-7-5-6-9(11(10)12)13-4-2/h5-7H,3-4,8,12H2,1-2H3. The molecule has 0 aromatic heterocycles. The van der Waals surface area contributed by atoms with Crippen molar-refractivity contribution < 1.29 is 4.74 Å². The summed E-state index contributed by atoms with van der Waals surface area (Å²) in [6.07, 6.45) is 1.16. The van der Waals surface area contributed by atoms with Crippen molar-refractivity contribution in [2.75, 3.05) is 18.1 Å². The molecule has 0 unspecified atom stereocenters. The summed E-state index contributed by atoms with van der Waals surface area (Å²) in [4.78, 5) is 1.12. The zero-order valence-corrected chi connectivity index (χ0v) is 9.56. The third-order valence-electron chi connectivity index (χ3n) is 1.79. The molecule has 1 rings (SSSR count). The Bertz CT molecular complexity index is 289. The maximum Gasteiger partial charge on any atom is 0.143 e. The van der Waals surface area contributed by atoms with E-state index >= 15 is 0 Å². The average Bonchev–Trinajstić information content (AvgIpc) is 2.20. The van der Waals surface area contributed by atoms with Crippen LogP contribution < -0.4 is 10.5 Å². The number of rotatable bonds is 5. The SMILES string of the molecule is CCCSc1cccc(OCC)c1N. The van der Waals surface area contributed by atoms with E-state index in [1.807, 2.05) is 25.1 Å². The molecule has 78 valence electrons. The average molecular weight is 211 g/mol. The summed E-state index contributed by atoms with van der Waals surface area (Å²) in [7, 11) is 0. The van der Waals surface area contributed by atoms with Crippen molar-refractivity contribution in [1.29, 1.82) is 0 Å². The summed E-state index contributed by atoms with van der Waals surface area (Å²) >= 11 is 1.78. The number of benzene rings is 1. The molecule has 0 saturated heterocycles. The van der Waals surface area contributed by atoms with Gasteiger partial charge in [-0.05, 0) is 31.2 Å². The van der Waals surface area contributed by atoms with Gasteiger partial charge in [0, 0.05) is 4.90 Å². The molecular formula is C11H17NOS. The minimum Gasteiger partial charge on any atom is -0.492 e. The maximum absolute atomic E-state index is 5.96. The number of hydrogen-bond donors (Lipinski definition) is 1. The first-order chi connectivity index (χ1) is 6.79. The second kappa shape index (κ2) is 5.81. The van der Waals surface area contributed by atoms with E-state index in [2.05, 4.69) is 6.92 Å². The van der Waals surface area contributed by atoms with Crippen LogP contribution in [0.4, 0.5) is 5.69 Å². The Labute approximate surface area is 89.8 Å². The van der Waals surface area contributed by atoms with E-state index < -0.39 is 0 Å². The first-order valence-electron chi connectivity index (χ1n) is 4.93. The Morgan fingerprint density at radius 2 is 2.14 bits per heavy atom. The lowest BCUT2D eigenvalue weighted by molar-refractivity contribution is 0.341. The van der Waals surface area contributed by atoms with Gasteiger partial charge in [0.05, 0.1) is 12.3 Å². The Kier molecular flexibility index (Phi) is 4.66. The molecule has 1 aromatic rings. The zero-order valence-electron chi connectivity index (χ0n) is 8.75. The number of anilines is 1. The van der Waals surface area contributed by atoms with Crippen molar-refractivity contribution in [1.82, 2.24) is 0 Å². The minimum atomic E-state index is 0.659. The molecule has 2 nitrogen and oxygen atoms in total. The highest BCUT2D eigenvalue weighted by atomic mass is 32.2. The van der Waals surface area contributed by atoms with Gasteiger partial charge in [0.1, 0.15) is 5.75 Å². The summed E-state index contributed by atoms with van der Waals surface area (Å²) < 4.78 is 5.42. The Hall–Kier alpha value is -0.830. The van der Waals surface area contributed by atoms with Crippen LogP contribution in [0.2, 0.25) is 0 Å². The van der Waals surface area contributed by atoms with Crippen LogP contribution in [0, 0.1) is 0 Å². The Morgan fingerprint density at radius 3 is 2.79 bits per heavy atom. The highest BCUT2D eigenvalue weighted by molar-refractivity contribution is 7.99. The molecule has 3 heteroatoms. The monoisotopic (exact) mass is 211 g/mol. The zero-order chi connectivity index (χ0) is 10.4. The van der Waals surface area contributed by atoms with Gasteiger partial charge < -0.3 is 10.5 Å². The fourth-order valence-corrected chi connectivity index (χ4v) is 2.00. The lowest BCUT2D eigenvalue weighted by Crippen LogP contribution is -1.98. The highest BCUT2D eigenvalue weighted by Crippen LogP contribution is 2.32. The van der Waals surface area contributed by atoms with Crippen molar-refractivity contribution in [3.05, 3.63) is 18.2 Å². The number of nitrogens with two attached hydrogens (primary N) is 1. The van der Waals surface area contributed by atoms with Gasteiger partial charge in [0.15, 0.2) is 0 Å². The largest absolute Gasteiger partial charge is 0.492 e. The van der Waals surface area contributed by atoms with Crippen LogP contribution in [-0.4, -0.2) is 12.4 Å². The fourth-order valence-electron chi connectivity index (χ4n) is 1.14. The Morgan fingerprint density at radius 1 is 1.36 bits per heavy atom. The van der Waals surface area contributed by atoms with Crippen LogP contribution in [0.15, 0.2) is 23.1 Å². The lowest BCUT2D eigenvalue weighted by Gasteiger charge is -2.10. The van der Waals surface area contributed by atoms with Gasteiger partial charge in [-0.3, -0.25) is 0 Å². The fraction of sp³-hybridized carbons (Fsp3) is 0.455. The van der Waals surface area contributed by atoms with Crippen LogP contribution in [0.25, 0.3) is 0 Å². The molecule has 14 heavy (non-hydrogen) atoms. The predicted octanol–water partition coefficient (Wildman–Crippen LogP) is 3.17. The molecule has 0 aliphatic rings. The molecule has 2 N–H and O–H groups in total. The minimum absolute atomic E-state index is 0.659. The smallest absolute Gasteiger partial charge is 0.143 e. The molecule has 0 radical (unpaired) electrons. The number of ether oxygens (including phenoxy) is 1. The highest BCUT2D eigenvalue weighted by Gasteiger charge is 2.04. The number of hydrogen-bond acceptors (Lipinski definition) is 3. The molecule has 0 atom stereocenters. The molecule has 1 aromatic carbocycles. The van der Waals surface area contributed by atoms with Crippen LogP contribution in [0.3, 0.4) is 0 Å². The number of para-hydroxylation sites is 1. The lowest BCUT2D eigenvalue weighted by atomic mass is 10.3. The van der Waals surface area contributed by atoms with Crippen LogP contribution >= 0.6 is 11.8 Å². The second-order valence-corrected chi connectivity index (χ2v) is 4.09. The second-order valence-electron chi connectivity index (χ2n) is 2.95. The summed E-state index contributed by atoms with van der Waals surface area (Å²) in [6.45, 7) is 4.78. The van der Waals surface area contributed by atoms with Gasteiger partial charge in [-0.2, -0.15) is 0 Å². The van der Waals surface area contributed by atoms with Crippen molar-refractivity contribution in [3.8, 4) is 5.75 Å². The van der Waals surface area contributed by atoms with E-state index in [0.717, 1.165) is 28.5 Å². The normalized spacial score (nSPS) is 10.1. The van der Waals surface area contributed by atoms with E-state index in [-0.39, 0.29) is 0 Å². The first kappa shape index (κ1) is 11.2. The van der Waals surface area contributed by atoms with Crippen molar-refractivity contribution in [2.45, 2.75) is 25.2 Å². The van der Waals surface area contributed by atoms with Crippen LogP contribution in [-0.2, 0) is 0 Å². The predicted molar refractivity (Wildman–Crippen MR) is 63.0 cm³/mol. The summed E-state index contributed by atoms with van der Waals surface area (Å²) in [5.41, 5.74) is 6.74. The van der Waals surface area contributed by atoms with E-state index in [1.165, 1.54) is 0 Å². The van der Waals surface area contributed by atoms with Gasteiger partial charge >= 0.3 is 0 Å². The summed E-state index contributed by atoms with van der Waals surface area (Å²) in [5, 5.41) is 0. The first-order valence-corrected chi connectivity index (χ1v) is 5.92. The van der Waals surface area contributed by atoms with Gasteiger partial charge in [0.2, 0.25) is 0 Å². The molecule has 0 aliphatic carbocycles. The van der Waals surface area contributed by atoms with Gasteiger partial charge in [-0.25, -0.2) is 0 Å². The van der Waals surface area contributed by atoms with Gasteiger partial charge in [0.25, 0.3) is 0 Å². The molecule has 0 bridgehead atoms. The molecule has 0 saturated carbocycles. The molecule has 0 fully saturated rings. The van der Waals surface area contributed by atoms with E-state index in [4.69, 9.17) is 10.5 Å². The van der Waals surface area contributed by atoms with Gasteiger partial charge in [-0.15, -0.1) is 11.8 Å². The third kappa shape index (κ3) is 2.84. The Balaban J connectivity index is 2.78. The van der Waals surface area contributed by atoms with Crippen LogP contribution in [0.1, 0.15) is 20.3 Å². The topological polar surface area (TPSA) is 35.2 Å². The molecule has 0 spiro atoms.